The number of carbonyl (C=O) groups is 1. The number of para-hydroxylation sites is 1. The molecule has 98 valence electrons. The van der Waals surface area contributed by atoms with Crippen LogP contribution in [0.3, 0.4) is 0 Å². The Kier molecular flexibility index (Phi) is 3.29. The number of amides is 1. The summed E-state index contributed by atoms with van der Waals surface area (Å²) in [7, 11) is 0. The molecule has 4 nitrogen and oxygen atoms in total. The predicted octanol–water partition coefficient (Wildman–Crippen LogP) is 2.58. The monoisotopic (exact) mass is 273 g/mol. The lowest BCUT2D eigenvalue weighted by atomic mass is 10.2. The first-order chi connectivity index (χ1) is 9.24. The van der Waals surface area contributed by atoms with Crippen molar-refractivity contribution in [3.63, 3.8) is 0 Å². The lowest BCUT2D eigenvalue weighted by molar-refractivity contribution is -0.115. The molecule has 2 heterocycles. The SMILES string of the molecule is Cc1ccccc1NC(=O)CC1=CSC2=NCCN12. The van der Waals surface area contributed by atoms with Gasteiger partial charge in [-0.2, -0.15) is 0 Å². The Hall–Kier alpha value is -1.75. The molecule has 0 saturated carbocycles. The minimum atomic E-state index is 0.0225. The van der Waals surface area contributed by atoms with Crippen LogP contribution in [-0.2, 0) is 4.79 Å². The van der Waals surface area contributed by atoms with Gasteiger partial charge in [-0.3, -0.25) is 9.79 Å². The second-order valence-electron chi connectivity index (χ2n) is 4.58. The number of rotatable bonds is 3. The number of fused-ring (bicyclic) bond motifs is 1. The summed E-state index contributed by atoms with van der Waals surface area (Å²) < 4.78 is 0. The van der Waals surface area contributed by atoms with Crippen molar-refractivity contribution in [3.8, 4) is 0 Å². The van der Waals surface area contributed by atoms with Crippen LogP contribution >= 0.6 is 11.8 Å². The first kappa shape index (κ1) is 12.3. The maximum Gasteiger partial charge on any atom is 0.230 e. The van der Waals surface area contributed by atoms with Crippen molar-refractivity contribution in [2.24, 2.45) is 4.99 Å². The van der Waals surface area contributed by atoms with Crippen LogP contribution < -0.4 is 5.32 Å². The Morgan fingerprint density at radius 3 is 3.16 bits per heavy atom. The summed E-state index contributed by atoms with van der Waals surface area (Å²) in [5, 5.41) is 6.01. The first-order valence-electron chi connectivity index (χ1n) is 6.27. The standard InChI is InChI=1S/C14H15N3OS/c1-10-4-2-3-5-12(10)16-13(18)8-11-9-19-14-15-6-7-17(11)14/h2-5,9H,6-8H2,1H3,(H,16,18). The molecule has 1 aromatic rings. The van der Waals surface area contributed by atoms with Gasteiger partial charge >= 0.3 is 0 Å². The number of aryl methyl sites for hydroxylation is 1. The van der Waals surface area contributed by atoms with E-state index in [2.05, 4.69) is 15.2 Å². The minimum Gasteiger partial charge on any atom is -0.326 e. The van der Waals surface area contributed by atoms with Crippen molar-refractivity contribution in [1.82, 2.24) is 4.90 Å². The van der Waals surface area contributed by atoms with E-state index in [1.807, 2.05) is 36.6 Å². The summed E-state index contributed by atoms with van der Waals surface area (Å²) in [5.41, 5.74) is 3.01. The van der Waals surface area contributed by atoms with Crippen LogP contribution in [-0.4, -0.2) is 29.1 Å². The molecular formula is C14H15N3OS. The van der Waals surface area contributed by atoms with E-state index in [0.717, 1.165) is 35.2 Å². The van der Waals surface area contributed by atoms with Crippen LogP contribution in [0.2, 0.25) is 0 Å². The van der Waals surface area contributed by atoms with E-state index >= 15 is 0 Å². The molecule has 0 fully saturated rings. The van der Waals surface area contributed by atoms with E-state index in [9.17, 15) is 4.79 Å². The molecule has 0 saturated heterocycles. The van der Waals surface area contributed by atoms with Gasteiger partial charge in [-0.15, -0.1) is 0 Å². The summed E-state index contributed by atoms with van der Waals surface area (Å²) in [5.74, 6) is 0.0225. The van der Waals surface area contributed by atoms with Crippen LogP contribution in [0.4, 0.5) is 5.69 Å². The lowest BCUT2D eigenvalue weighted by Gasteiger charge is -2.16. The number of amidine groups is 1. The Balaban J connectivity index is 1.64. The number of carbonyl (C=O) groups excluding carboxylic acids is 1. The average molecular weight is 273 g/mol. The quantitative estimate of drug-likeness (QED) is 0.920. The topological polar surface area (TPSA) is 44.7 Å². The van der Waals surface area contributed by atoms with E-state index in [1.54, 1.807) is 11.8 Å². The summed E-state index contributed by atoms with van der Waals surface area (Å²) in [6.07, 6.45) is 0.403. The molecule has 2 aliphatic heterocycles. The van der Waals surface area contributed by atoms with E-state index in [4.69, 9.17) is 0 Å². The van der Waals surface area contributed by atoms with Crippen LogP contribution in [0.5, 0.6) is 0 Å². The Labute approximate surface area is 116 Å². The molecule has 1 aromatic carbocycles. The number of anilines is 1. The average Bonchev–Trinajstić information content (AvgIpc) is 2.97. The highest BCUT2D eigenvalue weighted by atomic mass is 32.2. The molecule has 0 aromatic heterocycles. The van der Waals surface area contributed by atoms with Gasteiger partial charge in [0.05, 0.1) is 13.0 Å². The lowest BCUT2D eigenvalue weighted by Crippen LogP contribution is -2.24. The van der Waals surface area contributed by atoms with Crippen molar-refractivity contribution in [1.29, 1.82) is 0 Å². The van der Waals surface area contributed by atoms with Crippen molar-refractivity contribution in [2.75, 3.05) is 18.4 Å². The third-order valence-corrected chi connectivity index (χ3v) is 4.16. The van der Waals surface area contributed by atoms with Gasteiger partial charge in [0.1, 0.15) is 0 Å². The van der Waals surface area contributed by atoms with Gasteiger partial charge in [0.2, 0.25) is 5.91 Å². The normalized spacial score (nSPS) is 17.0. The van der Waals surface area contributed by atoms with Crippen LogP contribution in [0.25, 0.3) is 0 Å². The Morgan fingerprint density at radius 1 is 1.47 bits per heavy atom. The number of nitrogens with one attached hydrogen (secondary N) is 1. The number of benzene rings is 1. The van der Waals surface area contributed by atoms with Gasteiger partial charge < -0.3 is 10.2 Å². The van der Waals surface area contributed by atoms with Gasteiger partial charge in [0, 0.05) is 17.9 Å². The summed E-state index contributed by atoms with van der Waals surface area (Å²) in [4.78, 5) is 18.6. The maximum atomic E-state index is 12.1. The molecule has 19 heavy (non-hydrogen) atoms. The zero-order valence-corrected chi connectivity index (χ0v) is 11.5. The van der Waals surface area contributed by atoms with Crippen LogP contribution in [0, 0.1) is 6.92 Å². The van der Waals surface area contributed by atoms with E-state index < -0.39 is 0 Å². The number of hydrogen-bond donors (Lipinski definition) is 1. The molecular weight excluding hydrogens is 258 g/mol. The zero-order valence-electron chi connectivity index (χ0n) is 10.7. The molecule has 5 heteroatoms. The zero-order chi connectivity index (χ0) is 13.2. The number of aliphatic imine (C=N–C) groups is 1. The minimum absolute atomic E-state index is 0.0225. The van der Waals surface area contributed by atoms with E-state index in [0.29, 0.717) is 6.42 Å². The maximum absolute atomic E-state index is 12.1. The molecule has 0 aliphatic carbocycles. The number of nitrogens with zero attached hydrogens (tertiary/aromatic N) is 2. The van der Waals surface area contributed by atoms with Crippen molar-refractivity contribution in [3.05, 3.63) is 40.9 Å². The second-order valence-corrected chi connectivity index (χ2v) is 5.42. The fourth-order valence-electron chi connectivity index (χ4n) is 2.19. The highest BCUT2D eigenvalue weighted by molar-refractivity contribution is 8.16. The molecule has 2 aliphatic rings. The molecule has 3 rings (SSSR count). The van der Waals surface area contributed by atoms with Gasteiger partial charge in [0.25, 0.3) is 0 Å². The third kappa shape index (κ3) is 2.51. The van der Waals surface area contributed by atoms with E-state index in [1.165, 1.54) is 0 Å². The van der Waals surface area contributed by atoms with Gasteiger partial charge in [0.15, 0.2) is 5.17 Å². The predicted molar refractivity (Wildman–Crippen MR) is 79.1 cm³/mol. The van der Waals surface area contributed by atoms with E-state index in [-0.39, 0.29) is 5.91 Å². The third-order valence-electron chi connectivity index (χ3n) is 3.21. The molecule has 0 radical (unpaired) electrons. The Bertz CT molecular complexity index is 580. The molecule has 1 amide bonds. The molecule has 0 bridgehead atoms. The van der Waals surface area contributed by atoms with Crippen molar-refractivity contribution < 1.29 is 4.79 Å². The molecule has 0 spiro atoms. The van der Waals surface area contributed by atoms with Gasteiger partial charge in [-0.05, 0) is 24.0 Å². The first-order valence-corrected chi connectivity index (χ1v) is 7.15. The van der Waals surface area contributed by atoms with Crippen LogP contribution in [0.1, 0.15) is 12.0 Å². The number of thioether (sulfide) groups is 1. The van der Waals surface area contributed by atoms with Crippen LogP contribution in [0.15, 0.2) is 40.4 Å². The Morgan fingerprint density at radius 2 is 2.32 bits per heavy atom. The fourth-order valence-corrected chi connectivity index (χ4v) is 3.14. The fraction of sp³-hybridized carbons (Fsp3) is 0.286. The molecule has 1 N–H and O–H groups in total. The molecule has 0 unspecified atom stereocenters. The van der Waals surface area contributed by atoms with Gasteiger partial charge in [-0.25, -0.2) is 0 Å². The number of hydrogen-bond acceptors (Lipinski definition) is 4. The second kappa shape index (κ2) is 5.09. The molecule has 0 atom stereocenters. The summed E-state index contributed by atoms with van der Waals surface area (Å²) in [6, 6.07) is 7.81. The highest BCUT2D eigenvalue weighted by Gasteiger charge is 2.27. The van der Waals surface area contributed by atoms with Crippen molar-refractivity contribution in [2.45, 2.75) is 13.3 Å². The van der Waals surface area contributed by atoms with Gasteiger partial charge in [-0.1, -0.05) is 30.0 Å². The highest BCUT2D eigenvalue weighted by Crippen LogP contribution is 2.31. The van der Waals surface area contributed by atoms with Crippen molar-refractivity contribution >= 4 is 28.5 Å². The smallest absolute Gasteiger partial charge is 0.230 e. The largest absolute Gasteiger partial charge is 0.326 e. The summed E-state index contributed by atoms with van der Waals surface area (Å²) in [6.45, 7) is 3.72. The summed E-state index contributed by atoms with van der Waals surface area (Å²) >= 11 is 1.61.